The maximum absolute atomic E-state index is 12.7. The molecule has 2 heterocycles. The number of Topliss-reactive ketones (excluding diaryl/α,β-unsaturated/α-hetero) is 1. The lowest BCUT2D eigenvalue weighted by atomic mass is 9.87. The molecule has 1 unspecified atom stereocenters. The van der Waals surface area contributed by atoms with Crippen LogP contribution >= 0.6 is 22.9 Å². The van der Waals surface area contributed by atoms with E-state index in [4.69, 9.17) is 17.3 Å². The number of amides is 1. The van der Waals surface area contributed by atoms with Crippen molar-refractivity contribution in [3.63, 3.8) is 0 Å². The Hall–Kier alpha value is -2.84. The largest absolute Gasteiger partial charge is 0.382 e. The molecule has 0 fully saturated rings. The molecule has 0 aliphatic heterocycles. The third kappa shape index (κ3) is 5.45. The van der Waals surface area contributed by atoms with E-state index in [1.807, 2.05) is 31.2 Å². The summed E-state index contributed by atoms with van der Waals surface area (Å²) in [7, 11) is 0. The van der Waals surface area contributed by atoms with E-state index in [1.165, 1.54) is 23.9 Å². The molecule has 0 saturated carbocycles. The predicted octanol–water partition coefficient (Wildman–Crippen LogP) is 5.10. The fourth-order valence-electron chi connectivity index (χ4n) is 2.92. The van der Waals surface area contributed by atoms with Gasteiger partial charge < -0.3 is 11.1 Å². The highest BCUT2D eigenvalue weighted by Gasteiger charge is 2.22. The topological polar surface area (TPSA) is 111 Å². The van der Waals surface area contributed by atoms with Gasteiger partial charge >= 0.3 is 0 Å². The molecule has 2 aromatic heterocycles. The summed E-state index contributed by atoms with van der Waals surface area (Å²) in [5, 5.41) is 3.65. The number of nitrogens with zero attached hydrogens (tertiary/aromatic N) is 3. The van der Waals surface area contributed by atoms with Gasteiger partial charge in [-0.15, -0.1) is 11.3 Å². The number of rotatable bonds is 6. The standard InChI is InChI=1S/C22H24ClN5O2S/c1-12(8-15(29)18-17(23)19(24)27-11-26-18)21-25-10-16(31-21)20(30)28-14-7-5-6-13(9-14)22(2,3)4/h5-7,9-12H,8H2,1-4H3,(H,28,30)(H2,24,26,27). The van der Waals surface area contributed by atoms with Gasteiger partial charge in [0.2, 0.25) is 0 Å². The van der Waals surface area contributed by atoms with Gasteiger partial charge in [0.1, 0.15) is 27.7 Å². The van der Waals surface area contributed by atoms with E-state index in [9.17, 15) is 9.59 Å². The maximum Gasteiger partial charge on any atom is 0.267 e. The number of carbonyl (C=O) groups is 2. The Kier molecular flexibility index (Phi) is 6.71. The van der Waals surface area contributed by atoms with Crippen molar-refractivity contribution in [2.45, 2.75) is 45.4 Å². The second-order valence-electron chi connectivity index (χ2n) is 8.30. The lowest BCUT2D eigenvalue weighted by Crippen LogP contribution is -2.14. The first-order valence-electron chi connectivity index (χ1n) is 9.73. The monoisotopic (exact) mass is 457 g/mol. The van der Waals surface area contributed by atoms with Crippen LogP contribution in [0.2, 0.25) is 5.02 Å². The van der Waals surface area contributed by atoms with Crippen molar-refractivity contribution in [1.29, 1.82) is 0 Å². The van der Waals surface area contributed by atoms with Crippen LogP contribution in [0.1, 0.15) is 70.8 Å². The minimum atomic E-state index is -0.258. The average molecular weight is 458 g/mol. The fraction of sp³-hybridized carbons (Fsp3) is 0.318. The normalized spacial score (nSPS) is 12.4. The van der Waals surface area contributed by atoms with Crippen LogP contribution in [0.4, 0.5) is 11.5 Å². The highest BCUT2D eigenvalue weighted by molar-refractivity contribution is 7.13. The Labute approximate surface area is 190 Å². The van der Waals surface area contributed by atoms with Crippen LogP contribution < -0.4 is 11.1 Å². The van der Waals surface area contributed by atoms with Gasteiger partial charge in [0.15, 0.2) is 5.78 Å². The summed E-state index contributed by atoms with van der Waals surface area (Å²) in [6, 6.07) is 7.79. The zero-order valence-electron chi connectivity index (χ0n) is 17.8. The van der Waals surface area contributed by atoms with Crippen molar-refractivity contribution in [3.8, 4) is 0 Å². The summed E-state index contributed by atoms with van der Waals surface area (Å²) in [6.07, 6.45) is 2.87. The number of anilines is 2. The predicted molar refractivity (Wildman–Crippen MR) is 124 cm³/mol. The summed E-state index contributed by atoms with van der Waals surface area (Å²) in [5.41, 5.74) is 7.58. The third-order valence-electron chi connectivity index (χ3n) is 4.73. The SMILES string of the molecule is CC(CC(=O)c1ncnc(N)c1Cl)c1ncc(C(=O)Nc2cccc(C(C)(C)C)c2)s1. The van der Waals surface area contributed by atoms with Crippen molar-refractivity contribution >= 4 is 46.1 Å². The summed E-state index contributed by atoms with van der Waals surface area (Å²) in [6.45, 7) is 8.23. The molecule has 0 spiro atoms. The molecule has 1 aromatic carbocycles. The van der Waals surface area contributed by atoms with Crippen molar-refractivity contribution in [2.75, 3.05) is 11.1 Å². The molecule has 162 valence electrons. The number of thiazole rings is 1. The van der Waals surface area contributed by atoms with E-state index in [0.717, 1.165) is 11.3 Å². The first-order valence-corrected chi connectivity index (χ1v) is 10.9. The summed E-state index contributed by atoms with van der Waals surface area (Å²) in [5.74, 6) is -0.640. The van der Waals surface area contributed by atoms with Gasteiger partial charge in [-0.25, -0.2) is 15.0 Å². The van der Waals surface area contributed by atoms with Gasteiger partial charge in [0.25, 0.3) is 5.91 Å². The molecule has 31 heavy (non-hydrogen) atoms. The van der Waals surface area contributed by atoms with E-state index < -0.39 is 0 Å². The van der Waals surface area contributed by atoms with Gasteiger partial charge in [-0.05, 0) is 23.1 Å². The number of benzene rings is 1. The zero-order chi connectivity index (χ0) is 22.8. The summed E-state index contributed by atoms with van der Waals surface area (Å²) >= 11 is 7.30. The van der Waals surface area contributed by atoms with E-state index in [-0.39, 0.29) is 46.0 Å². The van der Waals surface area contributed by atoms with Gasteiger partial charge in [-0.1, -0.05) is 51.4 Å². The first-order chi connectivity index (χ1) is 14.6. The minimum absolute atomic E-state index is 0.0163. The molecule has 0 aliphatic rings. The number of nitrogens with two attached hydrogens (primary N) is 1. The Morgan fingerprint density at radius 1 is 1.23 bits per heavy atom. The van der Waals surface area contributed by atoms with Gasteiger partial charge in [-0.3, -0.25) is 9.59 Å². The van der Waals surface area contributed by atoms with Crippen LogP contribution in [-0.4, -0.2) is 26.6 Å². The fourth-order valence-corrected chi connectivity index (χ4v) is 3.98. The second kappa shape index (κ2) is 9.11. The van der Waals surface area contributed by atoms with Crippen LogP contribution in [-0.2, 0) is 5.41 Å². The molecule has 1 amide bonds. The van der Waals surface area contributed by atoms with Crippen molar-refractivity contribution < 1.29 is 9.59 Å². The van der Waals surface area contributed by atoms with E-state index in [0.29, 0.717) is 9.88 Å². The molecule has 0 saturated heterocycles. The zero-order valence-corrected chi connectivity index (χ0v) is 19.3. The number of nitrogens with one attached hydrogen (secondary N) is 1. The van der Waals surface area contributed by atoms with Gasteiger partial charge in [0, 0.05) is 18.0 Å². The molecule has 0 radical (unpaired) electrons. The van der Waals surface area contributed by atoms with E-state index in [1.54, 1.807) is 0 Å². The first kappa shape index (κ1) is 22.8. The molecule has 3 aromatic rings. The second-order valence-corrected chi connectivity index (χ2v) is 9.74. The Morgan fingerprint density at radius 2 is 1.97 bits per heavy atom. The average Bonchev–Trinajstić information content (AvgIpc) is 3.20. The molecule has 9 heteroatoms. The van der Waals surface area contributed by atoms with Gasteiger partial charge in [0.05, 0.1) is 11.2 Å². The number of carbonyl (C=O) groups excluding carboxylic acids is 2. The molecular formula is C22H24ClN5O2S. The van der Waals surface area contributed by atoms with Gasteiger partial charge in [-0.2, -0.15) is 0 Å². The highest BCUT2D eigenvalue weighted by Crippen LogP contribution is 2.29. The van der Waals surface area contributed by atoms with E-state index in [2.05, 4.69) is 41.0 Å². The summed E-state index contributed by atoms with van der Waals surface area (Å²) in [4.78, 5) is 37.8. The maximum atomic E-state index is 12.7. The van der Waals surface area contributed by atoms with E-state index >= 15 is 0 Å². The van der Waals surface area contributed by atoms with Crippen LogP contribution in [0, 0.1) is 0 Å². The van der Waals surface area contributed by atoms with Crippen LogP contribution in [0.3, 0.4) is 0 Å². The lowest BCUT2D eigenvalue weighted by Gasteiger charge is -2.19. The Balaban J connectivity index is 1.68. The molecule has 0 bridgehead atoms. The Bertz CT molecular complexity index is 1120. The summed E-state index contributed by atoms with van der Waals surface area (Å²) < 4.78 is 0. The van der Waals surface area contributed by atoms with Crippen LogP contribution in [0.25, 0.3) is 0 Å². The number of ketones is 1. The third-order valence-corrected chi connectivity index (χ3v) is 6.33. The minimum Gasteiger partial charge on any atom is -0.382 e. The molecule has 3 rings (SSSR count). The number of hydrogen-bond donors (Lipinski definition) is 2. The quantitative estimate of drug-likeness (QED) is 0.498. The van der Waals surface area contributed by atoms with Crippen molar-refractivity contribution in [3.05, 3.63) is 63.0 Å². The molecule has 0 aliphatic carbocycles. The smallest absolute Gasteiger partial charge is 0.267 e. The lowest BCUT2D eigenvalue weighted by molar-refractivity contribution is 0.0969. The number of hydrogen-bond acceptors (Lipinski definition) is 7. The molecule has 7 nitrogen and oxygen atoms in total. The van der Waals surface area contributed by atoms with Crippen molar-refractivity contribution in [1.82, 2.24) is 15.0 Å². The molecule has 3 N–H and O–H groups in total. The highest BCUT2D eigenvalue weighted by atomic mass is 35.5. The molecule has 1 atom stereocenters. The number of nitrogen functional groups attached to an aromatic ring is 1. The van der Waals surface area contributed by atoms with Crippen molar-refractivity contribution in [2.24, 2.45) is 0 Å². The van der Waals surface area contributed by atoms with Crippen LogP contribution in [0.5, 0.6) is 0 Å². The number of halogens is 1. The Morgan fingerprint density at radius 3 is 2.68 bits per heavy atom. The molecular weight excluding hydrogens is 434 g/mol. The van der Waals surface area contributed by atoms with Crippen LogP contribution in [0.15, 0.2) is 36.8 Å². The number of aromatic nitrogens is 3.